The minimum absolute atomic E-state index is 0.149. The third kappa shape index (κ3) is 3.63. The third-order valence-electron chi connectivity index (χ3n) is 3.17. The minimum Gasteiger partial charge on any atom is -0.350 e. The Bertz CT molecular complexity index is 708. The summed E-state index contributed by atoms with van der Waals surface area (Å²) in [5, 5.41) is 11.1. The maximum atomic E-state index is 12.2. The molecule has 1 aromatic carbocycles. The summed E-state index contributed by atoms with van der Waals surface area (Å²) in [4.78, 5) is 24.0. The molecule has 1 aromatic heterocycles. The molecular formula is C14H19N5O2. The summed E-state index contributed by atoms with van der Waals surface area (Å²) in [6, 6.07) is 6.99. The van der Waals surface area contributed by atoms with Crippen LogP contribution in [0.4, 0.5) is 0 Å². The number of aryl methyl sites for hydroxylation is 1. The number of benzene rings is 1. The van der Waals surface area contributed by atoms with Crippen LogP contribution in [0.2, 0.25) is 0 Å². The van der Waals surface area contributed by atoms with Crippen LogP contribution in [0, 0.1) is 0 Å². The maximum absolute atomic E-state index is 12.2. The maximum Gasteiger partial charge on any atom is 0.277 e. The fourth-order valence-electron chi connectivity index (χ4n) is 1.87. The molecule has 0 unspecified atom stereocenters. The van der Waals surface area contributed by atoms with E-state index in [-0.39, 0.29) is 24.4 Å². The number of nitrogens with zero attached hydrogens (tertiary/aromatic N) is 3. The zero-order valence-electron chi connectivity index (χ0n) is 12.2. The molecule has 112 valence electrons. The Hall–Kier alpha value is -2.28. The smallest absolute Gasteiger partial charge is 0.277 e. The van der Waals surface area contributed by atoms with Gasteiger partial charge in [-0.1, -0.05) is 17.3 Å². The van der Waals surface area contributed by atoms with E-state index in [9.17, 15) is 9.59 Å². The average molecular weight is 289 g/mol. The van der Waals surface area contributed by atoms with Crippen LogP contribution >= 0.6 is 0 Å². The number of carbonyl (C=O) groups is 1. The molecule has 0 aliphatic heterocycles. The van der Waals surface area contributed by atoms with E-state index in [1.807, 2.05) is 13.8 Å². The molecule has 1 heterocycles. The van der Waals surface area contributed by atoms with E-state index in [2.05, 4.69) is 15.6 Å². The normalized spacial score (nSPS) is 11.6. The average Bonchev–Trinajstić information content (AvgIpc) is 2.46. The fourth-order valence-corrected chi connectivity index (χ4v) is 1.87. The highest BCUT2D eigenvalue weighted by Crippen LogP contribution is 2.04. The summed E-state index contributed by atoms with van der Waals surface area (Å²) in [7, 11) is 0. The van der Waals surface area contributed by atoms with Gasteiger partial charge in [0.05, 0.1) is 11.9 Å². The van der Waals surface area contributed by atoms with Crippen LogP contribution in [-0.2, 0) is 11.3 Å². The molecule has 21 heavy (non-hydrogen) atoms. The number of carbonyl (C=O) groups excluding carboxylic acids is 1. The van der Waals surface area contributed by atoms with E-state index < -0.39 is 5.54 Å². The number of hydrogen-bond acceptors (Lipinski definition) is 5. The Balaban J connectivity index is 2.09. The van der Waals surface area contributed by atoms with Gasteiger partial charge in [-0.05, 0) is 26.0 Å². The van der Waals surface area contributed by atoms with Gasteiger partial charge >= 0.3 is 0 Å². The lowest BCUT2D eigenvalue weighted by atomic mass is 10.1. The second kappa shape index (κ2) is 6.01. The quantitative estimate of drug-likeness (QED) is 0.808. The van der Waals surface area contributed by atoms with Gasteiger partial charge in [-0.25, -0.2) is 4.68 Å². The van der Waals surface area contributed by atoms with Gasteiger partial charge in [-0.2, -0.15) is 0 Å². The molecule has 3 N–H and O–H groups in total. The number of nitrogens with two attached hydrogens (primary N) is 1. The number of aromatic nitrogens is 3. The zero-order valence-corrected chi connectivity index (χ0v) is 12.2. The van der Waals surface area contributed by atoms with Crippen molar-refractivity contribution >= 4 is 16.8 Å². The molecule has 0 fully saturated rings. The Morgan fingerprint density at radius 3 is 2.81 bits per heavy atom. The van der Waals surface area contributed by atoms with Crippen molar-refractivity contribution in [2.24, 2.45) is 5.73 Å². The van der Waals surface area contributed by atoms with Crippen molar-refractivity contribution < 1.29 is 4.79 Å². The molecule has 1 amide bonds. The van der Waals surface area contributed by atoms with Crippen LogP contribution < -0.4 is 16.6 Å². The Kier molecular flexibility index (Phi) is 4.32. The molecule has 0 atom stereocenters. The number of rotatable bonds is 5. The first kappa shape index (κ1) is 15.1. The van der Waals surface area contributed by atoms with Crippen molar-refractivity contribution in [3.63, 3.8) is 0 Å². The fraction of sp³-hybridized carbons (Fsp3) is 0.429. The van der Waals surface area contributed by atoms with E-state index >= 15 is 0 Å². The molecular weight excluding hydrogens is 270 g/mol. The molecule has 0 spiro atoms. The van der Waals surface area contributed by atoms with Gasteiger partial charge in [0.2, 0.25) is 5.91 Å². The lowest BCUT2D eigenvalue weighted by molar-refractivity contribution is -0.122. The van der Waals surface area contributed by atoms with Crippen molar-refractivity contribution in [1.82, 2.24) is 20.3 Å². The molecule has 7 nitrogen and oxygen atoms in total. The van der Waals surface area contributed by atoms with Crippen molar-refractivity contribution in [3.05, 3.63) is 34.6 Å². The molecule has 0 saturated heterocycles. The van der Waals surface area contributed by atoms with E-state index in [1.54, 1.807) is 24.3 Å². The van der Waals surface area contributed by atoms with E-state index in [0.29, 0.717) is 17.4 Å². The number of nitrogens with one attached hydrogen (secondary N) is 1. The number of hydrogen-bond donors (Lipinski definition) is 2. The second-order valence-electron chi connectivity index (χ2n) is 5.52. The molecule has 7 heteroatoms. The first-order chi connectivity index (χ1) is 9.93. The highest BCUT2D eigenvalue weighted by Gasteiger charge is 2.18. The predicted octanol–water partition coefficient (Wildman–Crippen LogP) is 0.0351. The largest absolute Gasteiger partial charge is 0.350 e. The van der Waals surface area contributed by atoms with Crippen LogP contribution in [0.1, 0.15) is 20.3 Å². The van der Waals surface area contributed by atoms with Gasteiger partial charge in [0, 0.05) is 18.5 Å². The highest BCUT2D eigenvalue weighted by atomic mass is 16.2. The standard InChI is InChI=1S/C14H19N5O2/c1-14(2,9-15)16-12(20)7-8-19-13(21)10-5-3-4-6-11(10)17-18-19/h3-6H,7-9,15H2,1-2H3,(H,16,20). The lowest BCUT2D eigenvalue weighted by Gasteiger charge is -2.24. The van der Waals surface area contributed by atoms with E-state index in [4.69, 9.17) is 5.73 Å². The molecule has 2 rings (SSSR count). The predicted molar refractivity (Wildman–Crippen MR) is 79.7 cm³/mol. The summed E-state index contributed by atoms with van der Waals surface area (Å²) in [5.74, 6) is -0.174. The first-order valence-electron chi connectivity index (χ1n) is 6.76. The van der Waals surface area contributed by atoms with Crippen molar-refractivity contribution in [2.45, 2.75) is 32.4 Å². The molecule has 0 saturated carbocycles. The summed E-state index contributed by atoms with van der Waals surface area (Å²) < 4.78 is 1.21. The monoisotopic (exact) mass is 289 g/mol. The van der Waals surface area contributed by atoms with Crippen LogP contribution in [-0.4, -0.2) is 33.0 Å². The summed E-state index contributed by atoms with van der Waals surface area (Å²) in [5.41, 5.74) is 5.40. The van der Waals surface area contributed by atoms with E-state index in [0.717, 1.165) is 0 Å². The second-order valence-corrected chi connectivity index (χ2v) is 5.52. The van der Waals surface area contributed by atoms with Crippen molar-refractivity contribution in [3.8, 4) is 0 Å². The van der Waals surface area contributed by atoms with Crippen molar-refractivity contribution in [1.29, 1.82) is 0 Å². The number of fused-ring (bicyclic) bond motifs is 1. The van der Waals surface area contributed by atoms with Crippen molar-refractivity contribution in [2.75, 3.05) is 6.54 Å². The Morgan fingerprint density at radius 1 is 1.38 bits per heavy atom. The SMILES string of the molecule is CC(C)(CN)NC(=O)CCn1nnc2ccccc2c1=O. The molecule has 0 aliphatic carbocycles. The highest BCUT2D eigenvalue weighted by molar-refractivity contribution is 5.77. The van der Waals surface area contributed by atoms with Crippen LogP contribution in [0.3, 0.4) is 0 Å². The van der Waals surface area contributed by atoms with Gasteiger partial charge in [-0.15, -0.1) is 5.10 Å². The zero-order chi connectivity index (χ0) is 15.5. The van der Waals surface area contributed by atoms with Crippen LogP contribution in [0.5, 0.6) is 0 Å². The number of amides is 1. The Morgan fingerprint density at radius 2 is 2.10 bits per heavy atom. The van der Waals surface area contributed by atoms with Gasteiger partial charge in [0.25, 0.3) is 5.56 Å². The lowest BCUT2D eigenvalue weighted by Crippen LogP contribution is -2.49. The van der Waals surface area contributed by atoms with Crippen LogP contribution in [0.15, 0.2) is 29.1 Å². The molecule has 0 radical (unpaired) electrons. The summed E-state index contributed by atoms with van der Waals surface area (Å²) in [6.45, 7) is 4.21. The summed E-state index contributed by atoms with van der Waals surface area (Å²) in [6.07, 6.45) is 0.149. The Labute approximate surface area is 122 Å². The van der Waals surface area contributed by atoms with Crippen LogP contribution in [0.25, 0.3) is 10.9 Å². The van der Waals surface area contributed by atoms with Gasteiger partial charge in [0.1, 0.15) is 5.52 Å². The minimum atomic E-state index is -0.461. The van der Waals surface area contributed by atoms with Gasteiger partial charge in [-0.3, -0.25) is 9.59 Å². The molecule has 0 aliphatic rings. The molecule has 0 bridgehead atoms. The first-order valence-corrected chi connectivity index (χ1v) is 6.76. The van der Waals surface area contributed by atoms with E-state index in [1.165, 1.54) is 4.68 Å². The third-order valence-corrected chi connectivity index (χ3v) is 3.17. The topological polar surface area (TPSA) is 103 Å². The van der Waals surface area contributed by atoms with Gasteiger partial charge in [0.15, 0.2) is 0 Å². The van der Waals surface area contributed by atoms with Gasteiger partial charge < -0.3 is 11.1 Å². The summed E-state index contributed by atoms with van der Waals surface area (Å²) >= 11 is 0. The molecule has 2 aromatic rings.